The van der Waals surface area contributed by atoms with Gasteiger partial charge in [-0.2, -0.15) is 0 Å². The van der Waals surface area contributed by atoms with Gasteiger partial charge in [0.1, 0.15) is 12.4 Å². The Balaban J connectivity index is 2.01. The van der Waals surface area contributed by atoms with Crippen molar-refractivity contribution in [3.05, 3.63) is 65.7 Å². The minimum absolute atomic E-state index is 0.252. The number of carboxylic acids is 1. The molecule has 0 aliphatic heterocycles. The fourth-order valence-corrected chi connectivity index (χ4v) is 1.84. The van der Waals surface area contributed by atoms with E-state index < -0.39 is 5.97 Å². The molecule has 0 amide bonds. The second-order valence-electron chi connectivity index (χ2n) is 4.89. The Bertz CT molecular complexity index is 637. The number of rotatable bonds is 5. The molecule has 108 valence electrons. The molecular weight excluding hydrogens is 264 g/mol. The molecule has 0 spiro atoms. The van der Waals surface area contributed by atoms with Gasteiger partial charge in [-0.05, 0) is 43.2 Å². The summed E-state index contributed by atoms with van der Waals surface area (Å²) in [4.78, 5) is 10.6. The van der Waals surface area contributed by atoms with E-state index in [9.17, 15) is 4.79 Å². The fraction of sp³-hybridized carbons (Fsp3) is 0.167. The highest BCUT2D eigenvalue weighted by Gasteiger charge is 2.00. The standard InChI is InChI=1S/C18H18O3/c1-13-3-5-15(6-4-13)16-7-9-17(10-8-16)21-12-11-14(2)18(19)20/h3-11H,12H2,1-2H3,(H,19,20). The minimum Gasteiger partial charge on any atom is -0.490 e. The third-order valence-corrected chi connectivity index (χ3v) is 3.22. The quantitative estimate of drug-likeness (QED) is 0.841. The molecule has 0 aliphatic rings. The number of ether oxygens (including phenoxy) is 1. The van der Waals surface area contributed by atoms with E-state index in [1.165, 1.54) is 5.56 Å². The smallest absolute Gasteiger partial charge is 0.331 e. The molecule has 2 rings (SSSR count). The highest BCUT2D eigenvalue weighted by atomic mass is 16.5. The zero-order chi connectivity index (χ0) is 15.2. The van der Waals surface area contributed by atoms with Crippen LogP contribution >= 0.6 is 0 Å². The first kappa shape index (κ1) is 14.9. The van der Waals surface area contributed by atoms with Gasteiger partial charge < -0.3 is 9.84 Å². The van der Waals surface area contributed by atoms with Crippen LogP contribution in [-0.4, -0.2) is 17.7 Å². The predicted octanol–water partition coefficient (Wildman–Crippen LogP) is 4.07. The third kappa shape index (κ3) is 4.21. The van der Waals surface area contributed by atoms with Gasteiger partial charge in [0.05, 0.1) is 0 Å². The van der Waals surface area contributed by atoms with Gasteiger partial charge in [0.25, 0.3) is 0 Å². The van der Waals surface area contributed by atoms with Gasteiger partial charge in [0.15, 0.2) is 0 Å². The number of carboxylic acid groups (broad SMARTS) is 1. The summed E-state index contributed by atoms with van der Waals surface area (Å²) in [6.07, 6.45) is 1.55. The highest BCUT2D eigenvalue weighted by molar-refractivity contribution is 5.85. The van der Waals surface area contributed by atoms with Gasteiger partial charge in [-0.25, -0.2) is 4.79 Å². The van der Waals surface area contributed by atoms with Crippen molar-refractivity contribution in [2.45, 2.75) is 13.8 Å². The number of carbonyl (C=O) groups is 1. The predicted molar refractivity (Wildman–Crippen MR) is 83.5 cm³/mol. The van der Waals surface area contributed by atoms with E-state index in [2.05, 4.69) is 31.2 Å². The van der Waals surface area contributed by atoms with Crippen LogP contribution in [0.3, 0.4) is 0 Å². The van der Waals surface area contributed by atoms with Crippen molar-refractivity contribution in [2.75, 3.05) is 6.61 Å². The van der Waals surface area contributed by atoms with Gasteiger partial charge in [0.2, 0.25) is 0 Å². The molecule has 0 atom stereocenters. The van der Waals surface area contributed by atoms with E-state index >= 15 is 0 Å². The van der Waals surface area contributed by atoms with E-state index in [4.69, 9.17) is 9.84 Å². The molecule has 0 fully saturated rings. The van der Waals surface area contributed by atoms with Crippen LogP contribution in [0.5, 0.6) is 5.75 Å². The molecule has 3 heteroatoms. The van der Waals surface area contributed by atoms with Crippen molar-refractivity contribution in [1.29, 1.82) is 0 Å². The van der Waals surface area contributed by atoms with E-state index in [1.807, 2.05) is 24.3 Å². The van der Waals surface area contributed by atoms with Crippen molar-refractivity contribution in [1.82, 2.24) is 0 Å². The first-order chi connectivity index (χ1) is 10.1. The average Bonchev–Trinajstić information content (AvgIpc) is 2.48. The summed E-state index contributed by atoms with van der Waals surface area (Å²) in [5.74, 6) is -0.200. The first-order valence-electron chi connectivity index (χ1n) is 6.76. The van der Waals surface area contributed by atoms with Gasteiger partial charge in [0, 0.05) is 5.57 Å². The summed E-state index contributed by atoms with van der Waals surface area (Å²) in [6, 6.07) is 16.1. The number of benzene rings is 2. The maximum atomic E-state index is 10.6. The molecule has 0 aromatic heterocycles. The molecule has 0 bridgehead atoms. The van der Waals surface area contributed by atoms with Gasteiger partial charge >= 0.3 is 5.97 Å². The van der Waals surface area contributed by atoms with Crippen molar-refractivity contribution in [3.8, 4) is 16.9 Å². The summed E-state index contributed by atoms with van der Waals surface area (Å²) in [5, 5.41) is 8.74. The summed E-state index contributed by atoms with van der Waals surface area (Å²) < 4.78 is 5.50. The normalized spacial score (nSPS) is 11.2. The van der Waals surface area contributed by atoms with E-state index in [-0.39, 0.29) is 12.2 Å². The number of hydrogen-bond acceptors (Lipinski definition) is 2. The summed E-state index contributed by atoms with van der Waals surface area (Å²) in [7, 11) is 0. The Hall–Kier alpha value is -2.55. The molecule has 3 nitrogen and oxygen atoms in total. The molecular formula is C18H18O3. The van der Waals surface area contributed by atoms with Crippen LogP contribution in [0.4, 0.5) is 0 Å². The van der Waals surface area contributed by atoms with Crippen LogP contribution < -0.4 is 4.74 Å². The number of hydrogen-bond donors (Lipinski definition) is 1. The zero-order valence-corrected chi connectivity index (χ0v) is 12.2. The van der Waals surface area contributed by atoms with Gasteiger partial charge in [-0.15, -0.1) is 0 Å². The molecule has 0 saturated carbocycles. The Labute approximate surface area is 124 Å². The molecule has 0 unspecified atom stereocenters. The largest absolute Gasteiger partial charge is 0.490 e. The van der Waals surface area contributed by atoms with Crippen LogP contribution in [0.1, 0.15) is 12.5 Å². The SMILES string of the molecule is CC(=CCOc1ccc(-c2ccc(C)cc2)cc1)C(=O)O. The van der Waals surface area contributed by atoms with E-state index in [1.54, 1.807) is 13.0 Å². The van der Waals surface area contributed by atoms with E-state index in [0.717, 1.165) is 16.9 Å². The molecule has 21 heavy (non-hydrogen) atoms. The molecule has 0 heterocycles. The highest BCUT2D eigenvalue weighted by Crippen LogP contribution is 2.22. The Morgan fingerprint density at radius 2 is 1.57 bits per heavy atom. The molecule has 1 N–H and O–H groups in total. The fourth-order valence-electron chi connectivity index (χ4n) is 1.84. The number of aryl methyl sites for hydroxylation is 1. The lowest BCUT2D eigenvalue weighted by molar-refractivity contribution is -0.132. The summed E-state index contributed by atoms with van der Waals surface area (Å²) in [5.41, 5.74) is 3.80. The van der Waals surface area contributed by atoms with Crippen molar-refractivity contribution < 1.29 is 14.6 Å². The molecule has 2 aromatic carbocycles. The monoisotopic (exact) mass is 282 g/mol. The second kappa shape index (κ2) is 6.75. The lowest BCUT2D eigenvalue weighted by atomic mass is 10.0. The maximum Gasteiger partial charge on any atom is 0.331 e. The minimum atomic E-state index is -0.923. The maximum absolute atomic E-state index is 10.6. The van der Waals surface area contributed by atoms with Crippen LogP contribution in [0.25, 0.3) is 11.1 Å². The number of aliphatic carboxylic acids is 1. The third-order valence-electron chi connectivity index (χ3n) is 3.22. The Morgan fingerprint density at radius 1 is 1.05 bits per heavy atom. The lowest BCUT2D eigenvalue weighted by Gasteiger charge is -2.06. The summed E-state index contributed by atoms with van der Waals surface area (Å²) >= 11 is 0. The molecule has 0 aliphatic carbocycles. The van der Waals surface area contributed by atoms with Crippen molar-refractivity contribution >= 4 is 5.97 Å². The summed E-state index contributed by atoms with van der Waals surface area (Å²) in [6.45, 7) is 3.86. The topological polar surface area (TPSA) is 46.5 Å². The van der Waals surface area contributed by atoms with Crippen molar-refractivity contribution in [2.24, 2.45) is 0 Å². The zero-order valence-electron chi connectivity index (χ0n) is 12.2. The molecule has 0 radical (unpaired) electrons. The van der Waals surface area contributed by atoms with Crippen LogP contribution in [0.15, 0.2) is 60.2 Å². The molecule has 2 aromatic rings. The lowest BCUT2D eigenvalue weighted by Crippen LogP contribution is -2.00. The second-order valence-corrected chi connectivity index (χ2v) is 4.89. The van der Waals surface area contributed by atoms with Crippen LogP contribution in [-0.2, 0) is 4.79 Å². The Morgan fingerprint density at radius 3 is 2.10 bits per heavy atom. The van der Waals surface area contributed by atoms with Crippen LogP contribution in [0.2, 0.25) is 0 Å². The van der Waals surface area contributed by atoms with Crippen molar-refractivity contribution in [3.63, 3.8) is 0 Å². The van der Waals surface area contributed by atoms with Gasteiger partial charge in [-0.1, -0.05) is 42.0 Å². The Kier molecular flexibility index (Phi) is 4.77. The average molecular weight is 282 g/mol. The van der Waals surface area contributed by atoms with Crippen LogP contribution in [0, 0.1) is 6.92 Å². The van der Waals surface area contributed by atoms with Gasteiger partial charge in [-0.3, -0.25) is 0 Å². The molecule has 0 saturated heterocycles. The van der Waals surface area contributed by atoms with E-state index in [0.29, 0.717) is 0 Å². The first-order valence-corrected chi connectivity index (χ1v) is 6.76.